The van der Waals surface area contributed by atoms with E-state index in [9.17, 15) is 26.4 Å². The minimum atomic E-state index is -4.80. The Balaban J connectivity index is 2.15. The van der Waals surface area contributed by atoms with E-state index in [1.807, 2.05) is 0 Å². The fourth-order valence-electron chi connectivity index (χ4n) is 2.74. The molecule has 1 saturated heterocycles. The van der Waals surface area contributed by atoms with Gasteiger partial charge in [-0.25, -0.2) is 13.2 Å². The van der Waals surface area contributed by atoms with Crippen LogP contribution in [0, 0.1) is 0 Å². The Bertz CT molecular complexity index is 1100. The molecule has 1 aromatic heterocycles. The summed E-state index contributed by atoms with van der Waals surface area (Å²) in [5.74, 6) is -1.25. The van der Waals surface area contributed by atoms with E-state index in [4.69, 9.17) is 9.84 Å². The van der Waals surface area contributed by atoms with Gasteiger partial charge in [0.1, 0.15) is 0 Å². The van der Waals surface area contributed by atoms with Crippen LogP contribution < -0.4 is 0 Å². The molecule has 0 aliphatic carbocycles. The third-order valence-corrected chi connectivity index (χ3v) is 6.12. The molecule has 1 aliphatic rings. The second-order valence-corrected chi connectivity index (χ2v) is 8.64. The van der Waals surface area contributed by atoms with Crippen LogP contribution in [0.4, 0.5) is 13.2 Å². The summed E-state index contributed by atoms with van der Waals surface area (Å²) < 4.78 is 72.1. The molecular weight excluding hydrogens is 425 g/mol. The number of alkyl halides is 3. The number of pyridine rings is 1. The number of hydrogen-bond acceptors (Lipinski definition) is 5. The Hall–Kier alpha value is -2.76. The van der Waals surface area contributed by atoms with Crippen LogP contribution in [0.15, 0.2) is 47.5 Å². The minimum Gasteiger partial charge on any atom is -0.478 e. The van der Waals surface area contributed by atoms with Crippen LogP contribution in [0.25, 0.3) is 17.3 Å². The maximum atomic E-state index is 13.5. The highest BCUT2D eigenvalue weighted by atomic mass is 32.2. The molecule has 7 nitrogen and oxygen atoms in total. The van der Waals surface area contributed by atoms with Gasteiger partial charge in [-0.2, -0.15) is 17.5 Å². The lowest BCUT2D eigenvalue weighted by atomic mass is 10.0. The van der Waals surface area contributed by atoms with Gasteiger partial charge in [-0.15, -0.1) is 0 Å². The highest BCUT2D eigenvalue weighted by Crippen LogP contribution is 2.36. The van der Waals surface area contributed by atoms with Crippen molar-refractivity contribution in [1.82, 2.24) is 9.29 Å². The first-order valence-electron chi connectivity index (χ1n) is 8.65. The number of likely N-dealkylation sites (N-methyl/N-ethyl adjacent to an activating group) is 1. The number of rotatable bonds is 7. The van der Waals surface area contributed by atoms with Crippen molar-refractivity contribution >= 4 is 22.1 Å². The number of benzene rings is 1. The molecule has 0 spiro atoms. The minimum absolute atomic E-state index is 0.0180. The van der Waals surface area contributed by atoms with Gasteiger partial charge in [0, 0.05) is 37.0 Å². The van der Waals surface area contributed by atoms with E-state index in [0.717, 1.165) is 22.5 Å². The van der Waals surface area contributed by atoms with Crippen molar-refractivity contribution < 1.29 is 36.2 Å². The molecule has 11 heteroatoms. The van der Waals surface area contributed by atoms with Gasteiger partial charge < -0.3 is 9.84 Å². The van der Waals surface area contributed by atoms with E-state index >= 15 is 0 Å². The molecule has 30 heavy (non-hydrogen) atoms. The normalized spacial score (nSPS) is 16.9. The third-order valence-electron chi connectivity index (χ3n) is 4.32. The van der Waals surface area contributed by atoms with Crippen LogP contribution in [0.1, 0.15) is 11.1 Å². The van der Waals surface area contributed by atoms with Gasteiger partial charge in [0.15, 0.2) is 0 Å². The number of aromatic nitrogens is 1. The van der Waals surface area contributed by atoms with E-state index in [-0.39, 0.29) is 29.5 Å². The van der Waals surface area contributed by atoms with Crippen LogP contribution in [0.3, 0.4) is 0 Å². The summed E-state index contributed by atoms with van der Waals surface area (Å²) in [6.07, 6.45) is -1.77. The average molecular weight is 442 g/mol. The van der Waals surface area contributed by atoms with Crippen LogP contribution in [-0.4, -0.2) is 55.1 Å². The standard InChI is InChI=1S/C19H17F3N2O5S/c1-24(10-15-11-29-15)30(27,28)16-8-13(7-14(9-16)19(20,21)22)18-12(3-2-6-23-18)4-5-17(25)26/h2-9,15H,10-11H2,1H3,(H,25,26)/b5-4+/t15-/m0/s1. The SMILES string of the molecule is CN(C[C@H]1CO1)S(=O)(=O)c1cc(-c2ncccc2/C=C/C(=O)O)cc(C(F)(F)F)c1. The van der Waals surface area contributed by atoms with Crippen molar-refractivity contribution in [3.05, 3.63) is 53.7 Å². The van der Waals surface area contributed by atoms with Crippen molar-refractivity contribution in [2.75, 3.05) is 20.2 Å². The van der Waals surface area contributed by atoms with Gasteiger partial charge in [0.2, 0.25) is 10.0 Å². The molecular formula is C19H17F3N2O5S. The van der Waals surface area contributed by atoms with Crippen LogP contribution in [-0.2, 0) is 25.7 Å². The quantitative estimate of drug-likeness (QED) is 0.523. The van der Waals surface area contributed by atoms with Crippen LogP contribution in [0.5, 0.6) is 0 Å². The molecule has 2 heterocycles. The predicted octanol–water partition coefficient (Wildman–Crippen LogP) is 2.88. The molecule has 160 valence electrons. The molecule has 0 saturated carbocycles. The molecule has 3 rings (SSSR count). The van der Waals surface area contributed by atoms with Gasteiger partial charge in [-0.1, -0.05) is 6.07 Å². The maximum Gasteiger partial charge on any atom is 0.416 e. The summed E-state index contributed by atoms with van der Waals surface area (Å²) in [5, 5.41) is 8.82. The largest absolute Gasteiger partial charge is 0.478 e. The van der Waals surface area contributed by atoms with E-state index in [0.29, 0.717) is 12.7 Å². The number of ether oxygens (including phenoxy) is 1. The Labute approximate surface area is 170 Å². The Morgan fingerprint density at radius 1 is 1.37 bits per heavy atom. The highest BCUT2D eigenvalue weighted by molar-refractivity contribution is 7.89. The fourth-order valence-corrected chi connectivity index (χ4v) is 4.02. The van der Waals surface area contributed by atoms with Gasteiger partial charge >= 0.3 is 12.1 Å². The molecule has 1 fully saturated rings. The van der Waals surface area contributed by atoms with E-state index < -0.39 is 32.6 Å². The summed E-state index contributed by atoms with van der Waals surface area (Å²) in [5.41, 5.74) is -1.02. The molecule has 0 bridgehead atoms. The first-order valence-corrected chi connectivity index (χ1v) is 10.1. The number of sulfonamides is 1. The lowest BCUT2D eigenvalue weighted by Gasteiger charge is -2.18. The second kappa shape index (κ2) is 8.17. The Morgan fingerprint density at radius 3 is 2.67 bits per heavy atom. The first-order chi connectivity index (χ1) is 14.0. The summed E-state index contributed by atoms with van der Waals surface area (Å²) in [7, 11) is -2.97. The zero-order valence-corrected chi connectivity index (χ0v) is 16.4. The third kappa shape index (κ3) is 5.04. The summed E-state index contributed by atoms with van der Waals surface area (Å²) >= 11 is 0. The van der Waals surface area contributed by atoms with Crippen molar-refractivity contribution in [2.24, 2.45) is 0 Å². The van der Waals surface area contributed by atoms with Gasteiger partial charge in [0.05, 0.1) is 28.9 Å². The average Bonchev–Trinajstić information content (AvgIpc) is 3.49. The van der Waals surface area contributed by atoms with Crippen molar-refractivity contribution in [1.29, 1.82) is 0 Å². The van der Waals surface area contributed by atoms with Crippen molar-refractivity contribution in [3.63, 3.8) is 0 Å². The monoisotopic (exact) mass is 442 g/mol. The number of nitrogens with zero attached hydrogens (tertiary/aromatic N) is 2. The zero-order valence-electron chi connectivity index (χ0n) is 15.6. The van der Waals surface area contributed by atoms with Crippen LogP contribution >= 0.6 is 0 Å². The first kappa shape index (κ1) is 21.9. The smallest absolute Gasteiger partial charge is 0.416 e. The topological polar surface area (TPSA) is 100 Å². The van der Waals surface area contributed by atoms with Gasteiger partial charge in [-0.05, 0) is 30.3 Å². The lowest BCUT2D eigenvalue weighted by molar-refractivity contribution is -0.137. The molecule has 0 amide bonds. The molecule has 1 N–H and O–H groups in total. The predicted molar refractivity (Wildman–Crippen MR) is 101 cm³/mol. The molecule has 1 aromatic carbocycles. The summed E-state index contributed by atoms with van der Waals surface area (Å²) in [6.45, 7) is 0.408. The molecule has 1 atom stereocenters. The Morgan fingerprint density at radius 2 is 2.07 bits per heavy atom. The van der Waals surface area contributed by atoms with Gasteiger partial charge in [0.25, 0.3) is 0 Å². The summed E-state index contributed by atoms with van der Waals surface area (Å²) in [6, 6.07) is 5.39. The number of carboxylic acid groups (broad SMARTS) is 1. The van der Waals surface area contributed by atoms with Crippen LogP contribution in [0.2, 0.25) is 0 Å². The number of carboxylic acids is 1. The summed E-state index contributed by atoms with van der Waals surface area (Å²) in [4.78, 5) is 14.3. The van der Waals surface area contributed by atoms with E-state index in [1.165, 1.54) is 31.5 Å². The number of halogens is 3. The maximum absolute atomic E-state index is 13.5. The molecule has 2 aromatic rings. The Kier molecular flexibility index (Phi) is 5.97. The number of epoxide rings is 1. The lowest BCUT2D eigenvalue weighted by Crippen LogP contribution is -2.30. The number of aliphatic carboxylic acids is 1. The van der Waals surface area contributed by atoms with E-state index in [2.05, 4.69) is 4.98 Å². The molecule has 0 radical (unpaired) electrons. The number of carbonyl (C=O) groups is 1. The second-order valence-electron chi connectivity index (χ2n) is 6.60. The molecule has 1 aliphatic heterocycles. The van der Waals surface area contributed by atoms with Gasteiger partial charge in [-0.3, -0.25) is 4.98 Å². The van der Waals surface area contributed by atoms with Crippen molar-refractivity contribution in [2.45, 2.75) is 17.2 Å². The zero-order chi connectivity index (χ0) is 22.1. The molecule has 0 unspecified atom stereocenters. The van der Waals surface area contributed by atoms with Crippen molar-refractivity contribution in [3.8, 4) is 11.3 Å². The highest BCUT2D eigenvalue weighted by Gasteiger charge is 2.35. The van der Waals surface area contributed by atoms with E-state index in [1.54, 1.807) is 0 Å². The number of hydrogen-bond donors (Lipinski definition) is 1. The fraction of sp³-hybridized carbons (Fsp3) is 0.263.